The van der Waals surface area contributed by atoms with Gasteiger partial charge in [0.05, 0.1) is 17.9 Å². The second-order valence-corrected chi connectivity index (χ2v) is 10.4. The Morgan fingerprint density at radius 2 is 1.73 bits per heavy atom. The molecule has 0 spiro atoms. The maximum Gasteiger partial charge on any atom is 0.250 e. The summed E-state index contributed by atoms with van der Waals surface area (Å²) in [6, 6.07) is 9.33. The fourth-order valence-corrected chi connectivity index (χ4v) is 5.60. The maximum atomic E-state index is 14.0. The molecule has 1 saturated heterocycles. The smallest absolute Gasteiger partial charge is 0.250 e. The number of amides is 2. The first-order valence-corrected chi connectivity index (χ1v) is 11.9. The third-order valence-corrected chi connectivity index (χ3v) is 7.87. The first-order valence-electron chi connectivity index (χ1n) is 10.4. The Morgan fingerprint density at radius 3 is 2.42 bits per heavy atom. The topological polar surface area (TPSA) is 90.0 Å². The number of hydrogen-bond donors (Lipinski definition) is 1. The van der Waals surface area contributed by atoms with Crippen molar-refractivity contribution in [1.82, 2.24) is 9.21 Å². The van der Waals surface area contributed by atoms with Gasteiger partial charge in [-0.15, -0.1) is 0 Å². The number of nitrogens with zero attached hydrogens (tertiary/aromatic N) is 3. The van der Waals surface area contributed by atoms with E-state index in [-0.39, 0.29) is 44.5 Å². The van der Waals surface area contributed by atoms with Gasteiger partial charge < -0.3 is 5.32 Å². The van der Waals surface area contributed by atoms with E-state index >= 15 is 0 Å². The number of fused-ring (bicyclic) bond motifs is 1. The Hall–Kier alpha value is -2.89. The Kier molecular flexibility index (Phi) is 5.97. The third-order valence-electron chi connectivity index (χ3n) is 5.96. The number of carbonyl (C=O) groups is 2. The van der Waals surface area contributed by atoms with Crippen molar-refractivity contribution in [2.45, 2.75) is 24.3 Å². The van der Waals surface area contributed by atoms with Crippen LogP contribution in [0.25, 0.3) is 0 Å². The number of hydrogen-bond acceptors (Lipinski definition) is 5. The molecule has 0 aliphatic carbocycles. The van der Waals surface area contributed by atoms with Crippen LogP contribution in [0.3, 0.4) is 0 Å². The van der Waals surface area contributed by atoms with Crippen molar-refractivity contribution >= 4 is 33.2 Å². The molecule has 11 heteroatoms. The summed E-state index contributed by atoms with van der Waals surface area (Å²) >= 11 is 0. The summed E-state index contributed by atoms with van der Waals surface area (Å²) in [7, 11) is -4.21. The summed E-state index contributed by atoms with van der Waals surface area (Å²) in [4.78, 5) is 28.4. The summed E-state index contributed by atoms with van der Waals surface area (Å²) in [5.41, 5.74) is 0.0315. The molecule has 33 heavy (non-hydrogen) atoms. The molecule has 1 fully saturated rings. The number of para-hydroxylation sites is 2. The Balaban J connectivity index is 1.47. The summed E-state index contributed by atoms with van der Waals surface area (Å²) in [6.07, 6.45) is 0. The molecule has 2 aromatic carbocycles. The van der Waals surface area contributed by atoms with Crippen molar-refractivity contribution in [2.75, 3.05) is 42.9 Å². The van der Waals surface area contributed by atoms with Gasteiger partial charge in [-0.25, -0.2) is 17.2 Å². The highest BCUT2D eigenvalue weighted by Gasteiger charge is 2.44. The zero-order chi connectivity index (χ0) is 24.0. The quantitative estimate of drug-likeness (QED) is 0.727. The van der Waals surface area contributed by atoms with Crippen LogP contribution < -0.4 is 10.2 Å². The number of carbonyl (C=O) groups excluding carboxylic acids is 2. The monoisotopic (exact) mass is 478 g/mol. The number of nitrogens with one attached hydrogen (secondary N) is 1. The van der Waals surface area contributed by atoms with Crippen molar-refractivity contribution in [1.29, 1.82) is 0 Å². The average Bonchev–Trinajstić information content (AvgIpc) is 2.76. The zero-order valence-corrected chi connectivity index (χ0v) is 19.0. The highest BCUT2D eigenvalue weighted by atomic mass is 32.2. The molecule has 2 aliphatic heterocycles. The van der Waals surface area contributed by atoms with Gasteiger partial charge in [-0.05, 0) is 44.2 Å². The maximum absolute atomic E-state index is 14.0. The first kappa shape index (κ1) is 23.3. The molecule has 4 rings (SSSR count). The number of halogens is 2. The molecule has 0 saturated carbocycles. The second kappa shape index (κ2) is 8.47. The van der Waals surface area contributed by atoms with Gasteiger partial charge in [-0.2, -0.15) is 4.31 Å². The molecule has 2 heterocycles. The Bertz CT molecular complexity index is 1210. The van der Waals surface area contributed by atoms with Crippen LogP contribution in [0.2, 0.25) is 0 Å². The summed E-state index contributed by atoms with van der Waals surface area (Å²) in [5, 5.41) is 2.81. The van der Waals surface area contributed by atoms with Gasteiger partial charge in [-0.1, -0.05) is 12.1 Å². The van der Waals surface area contributed by atoms with Gasteiger partial charge in [0, 0.05) is 26.2 Å². The van der Waals surface area contributed by atoms with E-state index in [4.69, 9.17) is 0 Å². The molecule has 2 amide bonds. The minimum absolute atomic E-state index is 0.0199. The van der Waals surface area contributed by atoms with Crippen LogP contribution in [0.1, 0.15) is 13.8 Å². The van der Waals surface area contributed by atoms with Gasteiger partial charge in [0.1, 0.15) is 22.1 Å². The molecule has 0 aromatic heterocycles. The third kappa shape index (κ3) is 4.23. The van der Waals surface area contributed by atoms with E-state index in [2.05, 4.69) is 5.32 Å². The lowest BCUT2D eigenvalue weighted by molar-refractivity contribution is -0.127. The van der Waals surface area contributed by atoms with Crippen LogP contribution in [0.4, 0.5) is 20.2 Å². The highest BCUT2D eigenvalue weighted by molar-refractivity contribution is 7.89. The SMILES string of the molecule is CC1(C)C(=O)Nc2ccccc2N1C(=O)CN1CCN(S(=O)(=O)c2cc(F)ccc2F)CC1. The van der Waals surface area contributed by atoms with E-state index < -0.39 is 32.1 Å². The zero-order valence-electron chi connectivity index (χ0n) is 18.2. The molecule has 1 N–H and O–H groups in total. The average molecular weight is 479 g/mol. The second-order valence-electron chi connectivity index (χ2n) is 8.51. The number of rotatable bonds is 4. The lowest BCUT2D eigenvalue weighted by atomic mass is 9.96. The van der Waals surface area contributed by atoms with Gasteiger partial charge in [0.15, 0.2) is 0 Å². The molecule has 176 valence electrons. The van der Waals surface area contributed by atoms with Crippen LogP contribution in [0.15, 0.2) is 47.4 Å². The molecule has 0 bridgehead atoms. The number of anilines is 2. The molecular formula is C22H24F2N4O4S. The summed E-state index contributed by atoms with van der Waals surface area (Å²) < 4.78 is 54.2. The molecule has 0 radical (unpaired) electrons. The molecule has 8 nitrogen and oxygen atoms in total. The van der Waals surface area contributed by atoms with Crippen molar-refractivity contribution in [3.05, 3.63) is 54.1 Å². The normalized spacial score (nSPS) is 19.2. The summed E-state index contributed by atoms with van der Waals surface area (Å²) in [5.74, 6) is -2.46. The van der Waals surface area contributed by atoms with Crippen LogP contribution in [-0.2, 0) is 19.6 Å². The lowest BCUT2D eigenvalue weighted by Gasteiger charge is -2.43. The minimum Gasteiger partial charge on any atom is -0.322 e. The highest BCUT2D eigenvalue weighted by Crippen LogP contribution is 2.36. The molecule has 0 atom stereocenters. The van der Waals surface area contributed by atoms with E-state index in [0.29, 0.717) is 17.4 Å². The van der Waals surface area contributed by atoms with E-state index in [1.807, 2.05) is 0 Å². The van der Waals surface area contributed by atoms with Crippen LogP contribution in [0, 0.1) is 11.6 Å². The van der Waals surface area contributed by atoms with E-state index in [9.17, 15) is 26.8 Å². The van der Waals surface area contributed by atoms with Crippen molar-refractivity contribution in [3.63, 3.8) is 0 Å². The fraction of sp³-hybridized carbons (Fsp3) is 0.364. The first-order chi connectivity index (χ1) is 15.5. The number of sulfonamides is 1. The van der Waals surface area contributed by atoms with Gasteiger partial charge in [0.2, 0.25) is 21.8 Å². The van der Waals surface area contributed by atoms with Crippen molar-refractivity contribution in [3.8, 4) is 0 Å². The van der Waals surface area contributed by atoms with Crippen molar-refractivity contribution in [2.24, 2.45) is 0 Å². The van der Waals surface area contributed by atoms with E-state index in [1.54, 1.807) is 43.0 Å². The van der Waals surface area contributed by atoms with Gasteiger partial charge in [-0.3, -0.25) is 19.4 Å². The van der Waals surface area contributed by atoms with Crippen LogP contribution in [-0.4, -0.2) is 67.7 Å². The minimum atomic E-state index is -4.21. The van der Waals surface area contributed by atoms with E-state index in [1.165, 1.54) is 4.90 Å². The largest absolute Gasteiger partial charge is 0.322 e. The molecular weight excluding hydrogens is 454 g/mol. The summed E-state index contributed by atoms with van der Waals surface area (Å²) in [6.45, 7) is 3.79. The Morgan fingerprint density at radius 1 is 1.06 bits per heavy atom. The number of piperazine rings is 1. The molecule has 0 unspecified atom stereocenters. The standard InChI is InChI=1S/C22H24F2N4O4S/c1-22(2)21(30)25-17-5-3-4-6-18(17)28(22)20(29)14-26-9-11-27(12-10-26)33(31,32)19-13-15(23)7-8-16(19)24/h3-8,13H,9-12,14H2,1-2H3,(H,25,30). The fourth-order valence-electron chi connectivity index (χ4n) is 4.10. The van der Waals surface area contributed by atoms with E-state index in [0.717, 1.165) is 16.4 Å². The van der Waals surface area contributed by atoms with Crippen LogP contribution in [0.5, 0.6) is 0 Å². The van der Waals surface area contributed by atoms with Gasteiger partial charge >= 0.3 is 0 Å². The Labute approximate surface area is 190 Å². The predicted molar refractivity (Wildman–Crippen MR) is 118 cm³/mol. The van der Waals surface area contributed by atoms with Crippen LogP contribution >= 0.6 is 0 Å². The number of benzene rings is 2. The molecule has 2 aliphatic rings. The predicted octanol–water partition coefficient (Wildman–Crippen LogP) is 2.03. The molecule has 2 aromatic rings. The van der Waals surface area contributed by atoms with Gasteiger partial charge in [0.25, 0.3) is 0 Å². The lowest BCUT2D eigenvalue weighted by Crippen LogP contribution is -2.61. The van der Waals surface area contributed by atoms with Crippen molar-refractivity contribution < 1.29 is 26.8 Å².